The Morgan fingerprint density at radius 1 is 1.24 bits per heavy atom. The molecule has 0 bridgehead atoms. The fraction of sp³-hybridized carbons (Fsp3) is 0.294. The average Bonchev–Trinajstić information content (AvgIpc) is 2.56. The number of halogens is 3. The van der Waals surface area contributed by atoms with Gasteiger partial charge in [-0.15, -0.1) is 0 Å². The third-order valence-electron chi connectivity index (χ3n) is 3.92. The minimum absolute atomic E-state index is 0.307. The van der Waals surface area contributed by atoms with Crippen LogP contribution in [0, 0.1) is 0 Å². The van der Waals surface area contributed by atoms with E-state index in [1.165, 1.54) is 0 Å². The molecular weight excluding hydrogens is 337 g/mol. The second kappa shape index (κ2) is 6.62. The highest BCUT2D eigenvalue weighted by Gasteiger charge is 2.31. The van der Waals surface area contributed by atoms with Gasteiger partial charge >= 0.3 is 6.18 Å². The molecule has 0 unspecified atom stereocenters. The molecule has 1 aromatic carbocycles. The summed E-state index contributed by atoms with van der Waals surface area (Å²) in [4.78, 5) is 23.9. The molecule has 0 radical (unpaired) electrons. The van der Waals surface area contributed by atoms with Crippen molar-refractivity contribution < 1.29 is 22.7 Å². The normalized spacial score (nSPS) is 16.7. The number of aromatic nitrogens is 1. The zero-order chi connectivity index (χ0) is 18.0. The Morgan fingerprint density at radius 3 is 2.76 bits per heavy atom. The van der Waals surface area contributed by atoms with Gasteiger partial charge in [-0.05, 0) is 12.1 Å². The van der Waals surface area contributed by atoms with Crippen molar-refractivity contribution >= 4 is 5.91 Å². The molecular formula is C17H15F3N2O3. The van der Waals surface area contributed by atoms with Crippen LogP contribution in [0.4, 0.5) is 13.2 Å². The molecule has 3 rings (SSSR count). The van der Waals surface area contributed by atoms with Crippen molar-refractivity contribution in [2.75, 3.05) is 6.61 Å². The molecule has 0 spiro atoms. The number of amides is 1. The van der Waals surface area contributed by atoms with Gasteiger partial charge < -0.3 is 14.6 Å². The van der Waals surface area contributed by atoms with Crippen LogP contribution in [-0.4, -0.2) is 17.1 Å². The van der Waals surface area contributed by atoms with Gasteiger partial charge in [-0.3, -0.25) is 9.59 Å². The lowest BCUT2D eigenvalue weighted by atomic mass is 10.0. The molecule has 8 heteroatoms. The van der Waals surface area contributed by atoms with E-state index in [0.29, 0.717) is 31.0 Å². The molecule has 1 N–H and O–H groups in total. The molecule has 5 nitrogen and oxygen atoms in total. The molecule has 0 saturated carbocycles. The number of carbonyl (C=O) groups is 1. The van der Waals surface area contributed by atoms with Crippen molar-refractivity contribution in [2.45, 2.75) is 25.2 Å². The Labute approximate surface area is 141 Å². The van der Waals surface area contributed by atoms with E-state index in [4.69, 9.17) is 4.74 Å². The van der Waals surface area contributed by atoms with Gasteiger partial charge in [0.15, 0.2) is 0 Å². The topological polar surface area (TPSA) is 60.3 Å². The molecule has 1 aliphatic rings. The van der Waals surface area contributed by atoms with Crippen molar-refractivity contribution in [1.29, 1.82) is 0 Å². The second-order valence-corrected chi connectivity index (χ2v) is 5.68. The summed E-state index contributed by atoms with van der Waals surface area (Å²) in [6.45, 7) is -0.0618. The summed E-state index contributed by atoms with van der Waals surface area (Å²) in [5.41, 5.74) is -0.842. The van der Waals surface area contributed by atoms with Crippen molar-refractivity contribution in [3.05, 3.63) is 64.1 Å². The number of fused-ring (bicyclic) bond motifs is 1. The number of ether oxygens (including phenoxy) is 1. The number of alkyl halides is 3. The quantitative estimate of drug-likeness (QED) is 0.923. The predicted molar refractivity (Wildman–Crippen MR) is 83.1 cm³/mol. The maximum Gasteiger partial charge on any atom is 0.417 e. The molecule has 132 valence electrons. The molecule has 0 aliphatic carbocycles. The van der Waals surface area contributed by atoms with Crippen LogP contribution in [-0.2, 0) is 17.5 Å². The number of nitrogens with zero attached hydrogens (tertiary/aromatic N) is 1. The lowest BCUT2D eigenvalue weighted by Gasteiger charge is -2.26. The molecule has 25 heavy (non-hydrogen) atoms. The van der Waals surface area contributed by atoms with Gasteiger partial charge in [-0.25, -0.2) is 0 Å². The molecule has 1 amide bonds. The van der Waals surface area contributed by atoms with Gasteiger partial charge in [0.2, 0.25) is 5.91 Å². The zero-order valence-corrected chi connectivity index (χ0v) is 13.0. The van der Waals surface area contributed by atoms with Gasteiger partial charge in [0.05, 0.1) is 18.2 Å². The van der Waals surface area contributed by atoms with Crippen LogP contribution in [0.3, 0.4) is 0 Å². The van der Waals surface area contributed by atoms with E-state index in [-0.39, 0.29) is 6.04 Å². The summed E-state index contributed by atoms with van der Waals surface area (Å²) in [6, 6.07) is 8.42. The summed E-state index contributed by atoms with van der Waals surface area (Å²) >= 11 is 0. The summed E-state index contributed by atoms with van der Waals surface area (Å²) in [5, 5.41) is 2.75. The first kappa shape index (κ1) is 17.1. The molecule has 0 fully saturated rings. The van der Waals surface area contributed by atoms with E-state index in [9.17, 15) is 22.8 Å². The summed E-state index contributed by atoms with van der Waals surface area (Å²) in [5.74, 6) is 0.124. The number of benzene rings is 1. The van der Waals surface area contributed by atoms with Gasteiger partial charge in [0.25, 0.3) is 5.56 Å². The van der Waals surface area contributed by atoms with Gasteiger partial charge in [0.1, 0.15) is 12.3 Å². The summed E-state index contributed by atoms with van der Waals surface area (Å²) in [7, 11) is 0. The number of rotatable bonds is 3. The summed E-state index contributed by atoms with van der Waals surface area (Å²) in [6.07, 6.45) is -3.38. The van der Waals surface area contributed by atoms with E-state index >= 15 is 0 Å². The zero-order valence-electron chi connectivity index (χ0n) is 13.0. The van der Waals surface area contributed by atoms with Gasteiger partial charge in [-0.2, -0.15) is 13.2 Å². The Morgan fingerprint density at radius 2 is 2.00 bits per heavy atom. The fourth-order valence-corrected chi connectivity index (χ4v) is 2.71. The SMILES string of the molecule is O=C(Cn1cc(C(F)(F)F)ccc1=O)N[C@@H]1CCOc2ccccc21. The van der Waals surface area contributed by atoms with Crippen molar-refractivity contribution in [3.63, 3.8) is 0 Å². The molecule has 0 saturated heterocycles. The van der Waals surface area contributed by atoms with Crippen LogP contribution in [0.2, 0.25) is 0 Å². The van der Waals surface area contributed by atoms with E-state index < -0.39 is 29.8 Å². The molecule has 1 aromatic heterocycles. The fourth-order valence-electron chi connectivity index (χ4n) is 2.71. The Bertz CT molecular complexity index is 846. The van der Waals surface area contributed by atoms with Crippen LogP contribution in [0.5, 0.6) is 5.75 Å². The van der Waals surface area contributed by atoms with Crippen molar-refractivity contribution in [2.24, 2.45) is 0 Å². The number of pyridine rings is 1. The Hall–Kier alpha value is -2.77. The van der Waals surface area contributed by atoms with Crippen LogP contribution < -0.4 is 15.6 Å². The summed E-state index contributed by atoms with van der Waals surface area (Å²) < 4.78 is 44.5. The maximum atomic E-state index is 12.7. The lowest BCUT2D eigenvalue weighted by Crippen LogP contribution is -2.36. The van der Waals surface area contributed by atoms with Gasteiger partial charge in [0, 0.05) is 24.2 Å². The minimum atomic E-state index is -4.58. The lowest BCUT2D eigenvalue weighted by molar-refractivity contribution is -0.138. The number of hydrogen-bond acceptors (Lipinski definition) is 3. The monoisotopic (exact) mass is 352 g/mol. The highest BCUT2D eigenvalue weighted by atomic mass is 19.4. The number of hydrogen-bond donors (Lipinski definition) is 1. The van der Waals surface area contributed by atoms with Crippen LogP contribution in [0.1, 0.15) is 23.6 Å². The van der Waals surface area contributed by atoms with Crippen LogP contribution >= 0.6 is 0 Å². The maximum absolute atomic E-state index is 12.7. The van der Waals surface area contributed by atoms with Crippen LogP contribution in [0.15, 0.2) is 47.4 Å². The van der Waals surface area contributed by atoms with Gasteiger partial charge in [-0.1, -0.05) is 18.2 Å². The predicted octanol–water partition coefficient (Wildman–Crippen LogP) is 2.51. The standard InChI is InChI=1S/C17H15F3N2O3/c18-17(19,20)11-5-6-16(24)22(9-11)10-15(23)21-13-7-8-25-14-4-2-1-3-12(13)14/h1-6,9,13H,7-8,10H2,(H,21,23)/t13-/m1/s1. The van der Waals surface area contributed by atoms with E-state index in [2.05, 4.69) is 5.32 Å². The highest BCUT2D eigenvalue weighted by Crippen LogP contribution is 2.31. The third kappa shape index (κ3) is 3.84. The van der Waals surface area contributed by atoms with E-state index in [1.807, 2.05) is 18.2 Å². The number of para-hydroxylation sites is 1. The van der Waals surface area contributed by atoms with Crippen LogP contribution in [0.25, 0.3) is 0 Å². The first-order chi connectivity index (χ1) is 11.8. The molecule has 2 heterocycles. The largest absolute Gasteiger partial charge is 0.493 e. The first-order valence-corrected chi connectivity index (χ1v) is 7.63. The Kier molecular flexibility index (Phi) is 4.52. The highest BCUT2D eigenvalue weighted by molar-refractivity contribution is 5.76. The molecule has 1 aliphatic heterocycles. The second-order valence-electron chi connectivity index (χ2n) is 5.68. The number of nitrogens with one attached hydrogen (secondary N) is 1. The van der Waals surface area contributed by atoms with Crippen molar-refractivity contribution in [3.8, 4) is 5.75 Å². The Balaban J connectivity index is 1.75. The average molecular weight is 352 g/mol. The molecule has 1 atom stereocenters. The number of carbonyl (C=O) groups excluding carboxylic acids is 1. The van der Waals surface area contributed by atoms with E-state index in [1.54, 1.807) is 6.07 Å². The minimum Gasteiger partial charge on any atom is -0.493 e. The first-order valence-electron chi connectivity index (χ1n) is 7.63. The van der Waals surface area contributed by atoms with E-state index in [0.717, 1.165) is 16.2 Å². The third-order valence-corrected chi connectivity index (χ3v) is 3.92. The smallest absolute Gasteiger partial charge is 0.417 e. The molecule has 2 aromatic rings. The van der Waals surface area contributed by atoms with Crippen molar-refractivity contribution in [1.82, 2.24) is 9.88 Å².